The van der Waals surface area contributed by atoms with E-state index in [1.807, 2.05) is 26.8 Å². The van der Waals surface area contributed by atoms with E-state index in [0.717, 1.165) is 24.8 Å². The third kappa shape index (κ3) is 5.89. The predicted octanol–water partition coefficient (Wildman–Crippen LogP) is 4.86. The summed E-state index contributed by atoms with van der Waals surface area (Å²) < 4.78 is 24.8. The summed E-state index contributed by atoms with van der Waals surface area (Å²) in [5.41, 5.74) is 1.73. The number of hydrogen-bond donors (Lipinski definition) is 1. The molecule has 4 nitrogen and oxygen atoms in total. The number of allylic oxidation sites excluding steroid dienone is 1. The van der Waals surface area contributed by atoms with Crippen LogP contribution in [0.1, 0.15) is 70.1 Å². The summed E-state index contributed by atoms with van der Waals surface area (Å²) in [5, 5.41) is 19.6. The Bertz CT molecular complexity index is 778. The van der Waals surface area contributed by atoms with E-state index in [1.165, 1.54) is 6.08 Å². The zero-order chi connectivity index (χ0) is 19.3. The molecule has 0 spiro atoms. The number of phenols is 1. The molecule has 0 aliphatic heterocycles. The lowest BCUT2D eigenvalue weighted by molar-refractivity contribution is 0.443. The van der Waals surface area contributed by atoms with Gasteiger partial charge in [0.25, 0.3) is 0 Å². The Morgan fingerprint density at radius 2 is 1.88 bits per heavy atom. The summed E-state index contributed by atoms with van der Waals surface area (Å²) in [6, 6.07) is 5.29. The van der Waals surface area contributed by atoms with Gasteiger partial charge in [-0.3, -0.25) is 0 Å². The zero-order valence-corrected chi connectivity index (χ0v) is 16.7. The summed E-state index contributed by atoms with van der Waals surface area (Å²) in [7, 11) is -3.58. The van der Waals surface area contributed by atoms with Crippen molar-refractivity contribution < 1.29 is 13.5 Å². The van der Waals surface area contributed by atoms with Crippen LogP contribution in [0.25, 0.3) is 6.08 Å². The van der Waals surface area contributed by atoms with Gasteiger partial charge in [-0.25, -0.2) is 8.42 Å². The maximum atomic E-state index is 12.4. The average molecular weight is 364 g/mol. The van der Waals surface area contributed by atoms with Crippen LogP contribution in [-0.4, -0.2) is 19.3 Å². The second-order valence-electron chi connectivity index (χ2n) is 7.48. The Balaban J connectivity index is 3.23. The Kier molecular flexibility index (Phi) is 7.25. The van der Waals surface area contributed by atoms with Crippen LogP contribution >= 0.6 is 0 Å². The number of benzene rings is 1. The maximum absolute atomic E-state index is 12.4. The van der Waals surface area contributed by atoms with Crippen molar-refractivity contribution in [3.8, 4) is 11.8 Å². The van der Waals surface area contributed by atoms with Crippen molar-refractivity contribution >= 4 is 15.9 Å². The number of aromatic hydroxyl groups is 1. The van der Waals surface area contributed by atoms with Crippen molar-refractivity contribution in [1.29, 1.82) is 5.26 Å². The monoisotopic (exact) mass is 363 g/mol. The topological polar surface area (TPSA) is 78.2 Å². The second kappa shape index (κ2) is 8.53. The van der Waals surface area contributed by atoms with Gasteiger partial charge < -0.3 is 5.11 Å². The van der Waals surface area contributed by atoms with Crippen LogP contribution in [-0.2, 0) is 15.3 Å². The molecule has 0 bridgehead atoms. The van der Waals surface area contributed by atoms with Crippen LogP contribution < -0.4 is 0 Å². The first-order chi connectivity index (χ1) is 11.5. The Morgan fingerprint density at radius 3 is 2.40 bits per heavy atom. The van der Waals surface area contributed by atoms with Crippen molar-refractivity contribution in [1.82, 2.24) is 0 Å². The number of nitriles is 1. The zero-order valence-electron chi connectivity index (χ0n) is 15.9. The highest BCUT2D eigenvalue weighted by atomic mass is 32.2. The molecule has 0 atom stereocenters. The fourth-order valence-corrected chi connectivity index (χ4v) is 3.89. The van der Waals surface area contributed by atoms with E-state index in [0.29, 0.717) is 17.5 Å². The lowest BCUT2D eigenvalue weighted by atomic mass is 9.84. The van der Waals surface area contributed by atoms with Crippen LogP contribution in [0.15, 0.2) is 17.0 Å². The first-order valence-electron chi connectivity index (χ1n) is 8.71. The van der Waals surface area contributed by atoms with Gasteiger partial charge in [0.2, 0.25) is 0 Å². The molecular formula is C20H29NO3S. The van der Waals surface area contributed by atoms with Crippen molar-refractivity contribution in [3.63, 3.8) is 0 Å². The Labute approximate surface area is 152 Å². The fraction of sp³-hybridized carbons (Fsp3) is 0.550. The number of sulfone groups is 1. The fourth-order valence-electron chi connectivity index (χ4n) is 2.63. The second-order valence-corrected chi connectivity index (χ2v) is 9.56. The molecule has 1 aromatic carbocycles. The van der Waals surface area contributed by atoms with Crippen molar-refractivity contribution in [2.24, 2.45) is 0 Å². The molecule has 1 aromatic rings. The van der Waals surface area contributed by atoms with Gasteiger partial charge in [-0.05, 0) is 48.1 Å². The quantitative estimate of drug-likeness (QED) is 0.554. The molecule has 0 aromatic heterocycles. The molecule has 0 amide bonds. The summed E-state index contributed by atoms with van der Waals surface area (Å²) >= 11 is 0. The van der Waals surface area contributed by atoms with E-state index in [-0.39, 0.29) is 21.8 Å². The molecular weight excluding hydrogens is 334 g/mol. The van der Waals surface area contributed by atoms with Gasteiger partial charge in [-0.2, -0.15) is 5.26 Å². The minimum absolute atomic E-state index is 0.00438. The van der Waals surface area contributed by atoms with E-state index >= 15 is 0 Å². The predicted molar refractivity (Wildman–Crippen MR) is 103 cm³/mol. The minimum Gasteiger partial charge on any atom is -0.507 e. The third-order valence-electron chi connectivity index (χ3n) is 4.14. The number of rotatable bonds is 7. The van der Waals surface area contributed by atoms with E-state index in [9.17, 15) is 18.8 Å². The number of unbranched alkanes of at least 4 members (excludes halogenated alkanes) is 3. The molecule has 1 rings (SSSR count). The molecule has 1 N–H and O–H groups in total. The van der Waals surface area contributed by atoms with Crippen molar-refractivity contribution in [2.75, 3.05) is 5.75 Å². The highest BCUT2D eigenvalue weighted by Crippen LogP contribution is 2.34. The Hall–Kier alpha value is -1.80. The molecule has 0 fully saturated rings. The van der Waals surface area contributed by atoms with Gasteiger partial charge in [0.15, 0.2) is 9.84 Å². The minimum atomic E-state index is -3.58. The maximum Gasteiger partial charge on any atom is 0.188 e. The average Bonchev–Trinajstić information content (AvgIpc) is 2.51. The highest BCUT2D eigenvalue weighted by Gasteiger charge is 2.21. The molecule has 0 aliphatic rings. The van der Waals surface area contributed by atoms with Crippen LogP contribution in [0, 0.1) is 18.3 Å². The first kappa shape index (κ1) is 21.2. The molecule has 5 heteroatoms. The van der Waals surface area contributed by atoms with E-state index in [4.69, 9.17) is 0 Å². The van der Waals surface area contributed by atoms with E-state index < -0.39 is 9.84 Å². The van der Waals surface area contributed by atoms with Gasteiger partial charge in [-0.1, -0.05) is 47.0 Å². The SMILES string of the molecule is CCCCCCS(=O)(=O)/C(C#N)=C\c1cc(C)c(O)c(C(C)(C)C)c1. The van der Waals surface area contributed by atoms with Gasteiger partial charge in [-0.15, -0.1) is 0 Å². The summed E-state index contributed by atoms with van der Waals surface area (Å²) in [5.74, 6) is 0.209. The van der Waals surface area contributed by atoms with Gasteiger partial charge in [0, 0.05) is 5.56 Å². The summed E-state index contributed by atoms with van der Waals surface area (Å²) in [6.07, 6.45) is 4.85. The van der Waals surface area contributed by atoms with Crippen LogP contribution in [0.4, 0.5) is 0 Å². The Morgan fingerprint density at radius 1 is 1.24 bits per heavy atom. The standard InChI is InChI=1S/C20H29NO3S/c1-6-7-8-9-10-25(23,24)17(14-21)12-16-11-15(2)19(22)18(13-16)20(3,4)5/h11-13,22H,6-10H2,1-5H3/b17-12-. The molecule has 0 aliphatic carbocycles. The lowest BCUT2D eigenvalue weighted by Crippen LogP contribution is -2.12. The number of aryl methyl sites for hydroxylation is 1. The molecule has 0 radical (unpaired) electrons. The molecule has 138 valence electrons. The number of nitrogens with zero attached hydrogens (tertiary/aromatic N) is 1. The van der Waals surface area contributed by atoms with Gasteiger partial charge in [0.1, 0.15) is 16.7 Å². The summed E-state index contributed by atoms with van der Waals surface area (Å²) in [6.45, 7) is 9.77. The molecule has 0 unspecified atom stereocenters. The van der Waals surface area contributed by atoms with Gasteiger partial charge in [0.05, 0.1) is 5.75 Å². The third-order valence-corrected chi connectivity index (χ3v) is 5.85. The van der Waals surface area contributed by atoms with Crippen LogP contribution in [0.2, 0.25) is 0 Å². The highest BCUT2D eigenvalue weighted by molar-refractivity contribution is 7.95. The normalized spacial score (nSPS) is 12.9. The van der Waals surface area contributed by atoms with Crippen molar-refractivity contribution in [3.05, 3.63) is 33.7 Å². The number of hydrogen-bond acceptors (Lipinski definition) is 4. The van der Waals surface area contributed by atoms with E-state index in [2.05, 4.69) is 6.92 Å². The smallest absolute Gasteiger partial charge is 0.188 e. The molecule has 0 heterocycles. The first-order valence-corrected chi connectivity index (χ1v) is 10.4. The molecule has 25 heavy (non-hydrogen) atoms. The largest absolute Gasteiger partial charge is 0.507 e. The van der Waals surface area contributed by atoms with Crippen LogP contribution in [0.3, 0.4) is 0 Å². The summed E-state index contributed by atoms with van der Waals surface area (Å²) in [4.78, 5) is -0.214. The van der Waals surface area contributed by atoms with Gasteiger partial charge >= 0.3 is 0 Å². The molecule has 0 saturated carbocycles. The van der Waals surface area contributed by atoms with Crippen LogP contribution in [0.5, 0.6) is 5.75 Å². The van der Waals surface area contributed by atoms with E-state index in [1.54, 1.807) is 19.1 Å². The number of phenolic OH excluding ortho intramolecular Hbond substituents is 1. The van der Waals surface area contributed by atoms with Crippen molar-refractivity contribution in [2.45, 2.75) is 65.7 Å². The lowest BCUT2D eigenvalue weighted by Gasteiger charge is -2.22. The molecule has 0 saturated heterocycles.